The van der Waals surface area contributed by atoms with Gasteiger partial charge in [-0.1, -0.05) is 6.07 Å². The van der Waals surface area contributed by atoms with E-state index in [1.54, 1.807) is 0 Å². The molecule has 0 aliphatic carbocycles. The highest BCUT2D eigenvalue weighted by molar-refractivity contribution is 5.83. The molecule has 2 aromatic rings. The van der Waals surface area contributed by atoms with Crippen molar-refractivity contribution >= 4 is 16.8 Å². The molecule has 1 aromatic heterocycles. The van der Waals surface area contributed by atoms with Gasteiger partial charge in [-0.3, -0.25) is 4.79 Å². The van der Waals surface area contributed by atoms with Gasteiger partial charge in [0.25, 0.3) is 0 Å². The number of likely N-dealkylation sites (tertiary alicyclic amines) is 1. The van der Waals surface area contributed by atoms with E-state index in [1.165, 1.54) is 11.8 Å². The zero-order valence-corrected chi connectivity index (χ0v) is 11.4. The molecule has 0 spiro atoms. The first-order chi connectivity index (χ1) is 9.24. The summed E-state index contributed by atoms with van der Waals surface area (Å²) < 4.78 is 0. The van der Waals surface area contributed by atoms with Crippen LogP contribution in [0.5, 0.6) is 0 Å². The molecule has 3 heteroatoms. The lowest BCUT2D eigenvalue weighted by Gasteiger charge is -2.33. The smallest absolute Gasteiger partial charge is 0.227 e. The first-order valence-corrected chi connectivity index (χ1v) is 7.09. The van der Waals surface area contributed by atoms with Crippen LogP contribution in [0.25, 0.3) is 10.9 Å². The summed E-state index contributed by atoms with van der Waals surface area (Å²) in [7, 11) is 0. The molecule has 1 aliphatic rings. The number of nitrogens with zero attached hydrogens (tertiary/aromatic N) is 1. The number of piperidine rings is 1. The van der Waals surface area contributed by atoms with Crippen molar-refractivity contribution in [1.29, 1.82) is 0 Å². The first-order valence-electron chi connectivity index (χ1n) is 7.09. The molecule has 100 valence electrons. The quantitative estimate of drug-likeness (QED) is 0.880. The highest BCUT2D eigenvalue weighted by Crippen LogP contribution is 2.19. The van der Waals surface area contributed by atoms with E-state index in [2.05, 4.69) is 24.0 Å². The number of fused-ring (bicyclic) bond motifs is 1. The van der Waals surface area contributed by atoms with Crippen molar-refractivity contribution in [3.05, 3.63) is 36.0 Å². The van der Waals surface area contributed by atoms with Crippen molar-refractivity contribution in [2.24, 2.45) is 0 Å². The van der Waals surface area contributed by atoms with Gasteiger partial charge in [-0.2, -0.15) is 0 Å². The van der Waals surface area contributed by atoms with E-state index in [-0.39, 0.29) is 5.91 Å². The molecule has 1 fully saturated rings. The number of aromatic nitrogens is 1. The molecule has 0 radical (unpaired) electrons. The van der Waals surface area contributed by atoms with E-state index < -0.39 is 0 Å². The van der Waals surface area contributed by atoms with E-state index in [4.69, 9.17) is 0 Å². The maximum Gasteiger partial charge on any atom is 0.227 e. The normalized spacial score (nSPS) is 19.8. The monoisotopic (exact) mass is 256 g/mol. The Hall–Kier alpha value is -1.77. The van der Waals surface area contributed by atoms with Crippen LogP contribution in [0.2, 0.25) is 0 Å². The van der Waals surface area contributed by atoms with Gasteiger partial charge in [-0.05, 0) is 55.3 Å². The van der Waals surface area contributed by atoms with Crippen LogP contribution < -0.4 is 0 Å². The van der Waals surface area contributed by atoms with E-state index in [9.17, 15) is 4.79 Å². The summed E-state index contributed by atoms with van der Waals surface area (Å²) in [5.74, 6) is 0.266. The summed E-state index contributed by atoms with van der Waals surface area (Å²) in [5, 5.41) is 1.18. The fourth-order valence-corrected chi connectivity index (χ4v) is 2.96. The van der Waals surface area contributed by atoms with Crippen molar-refractivity contribution in [3.8, 4) is 0 Å². The minimum absolute atomic E-state index is 0.266. The third-order valence-electron chi connectivity index (χ3n) is 4.10. The van der Waals surface area contributed by atoms with Crippen molar-refractivity contribution in [2.75, 3.05) is 6.54 Å². The molecule has 0 saturated carbocycles. The molecule has 1 unspecified atom stereocenters. The van der Waals surface area contributed by atoms with Gasteiger partial charge in [0.1, 0.15) is 0 Å². The molecule has 3 nitrogen and oxygen atoms in total. The van der Waals surface area contributed by atoms with Gasteiger partial charge in [-0.25, -0.2) is 0 Å². The fourth-order valence-electron chi connectivity index (χ4n) is 2.96. The maximum atomic E-state index is 12.4. The minimum Gasteiger partial charge on any atom is -0.361 e. The molecule has 0 bridgehead atoms. The Morgan fingerprint density at radius 2 is 2.26 bits per heavy atom. The lowest BCUT2D eigenvalue weighted by molar-refractivity contribution is -0.133. The van der Waals surface area contributed by atoms with Gasteiger partial charge in [0.2, 0.25) is 5.91 Å². The minimum atomic E-state index is 0.266. The van der Waals surface area contributed by atoms with Crippen LogP contribution in [0.15, 0.2) is 30.5 Å². The molecule has 1 aromatic carbocycles. The second-order valence-electron chi connectivity index (χ2n) is 5.51. The standard InChI is InChI=1S/C16H20N2O/c1-12-4-2-3-9-18(12)16(19)11-13-5-6-15-14(10-13)7-8-17-15/h5-8,10,12,17H,2-4,9,11H2,1H3. The Labute approximate surface area is 113 Å². The highest BCUT2D eigenvalue weighted by atomic mass is 16.2. The zero-order chi connectivity index (χ0) is 13.2. The topological polar surface area (TPSA) is 36.1 Å². The largest absolute Gasteiger partial charge is 0.361 e. The van der Waals surface area contributed by atoms with E-state index in [0.29, 0.717) is 12.5 Å². The van der Waals surface area contributed by atoms with Gasteiger partial charge >= 0.3 is 0 Å². The average molecular weight is 256 g/mol. The lowest BCUT2D eigenvalue weighted by Crippen LogP contribution is -2.42. The van der Waals surface area contributed by atoms with Gasteiger partial charge in [0.05, 0.1) is 6.42 Å². The lowest BCUT2D eigenvalue weighted by atomic mass is 10.0. The molecule has 1 atom stereocenters. The number of carbonyl (C=O) groups excluding carboxylic acids is 1. The first kappa shape index (κ1) is 12.3. The molecular weight excluding hydrogens is 236 g/mol. The Morgan fingerprint density at radius 3 is 3.11 bits per heavy atom. The van der Waals surface area contributed by atoms with Crippen molar-refractivity contribution in [1.82, 2.24) is 9.88 Å². The van der Waals surface area contributed by atoms with Crippen LogP contribution in [0.1, 0.15) is 31.7 Å². The highest BCUT2D eigenvalue weighted by Gasteiger charge is 2.22. The third kappa shape index (κ3) is 2.50. The number of H-pyrrole nitrogens is 1. The Morgan fingerprint density at radius 1 is 1.37 bits per heavy atom. The molecule has 1 saturated heterocycles. The van der Waals surface area contributed by atoms with Crippen molar-refractivity contribution in [3.63, 3.8) is 0 Å². The van der Waals surface area contributed by atoms with Gasteiger partial charge in [-0.15, -0.1) is 0 Å². The van der Waals surface area contributed by atoms with Crippen LogP contribution in [-0.2, 0) is 11.2 Å². The molecular formula is C16H20N2O. The summed E-state index contributed by atoms with van der Waals surface area (Å²) in [6.45, 7) is 3.08. The molecule has 3 rings (SSSR count). The van der Waals surface area contributed by atoms with E-state index in [0.717, 1.165) is 30.5 Å². The van der Waals surface area contributed by atoms with E-state index in [1.807, 2.05) is 23.2 Å². The average Bonchev–Trinajstić information content (AvgIpc) is 2.86. The molecule has 19 heavy (non-hydrogen) atoms. The van der Waals surface area contributed by atoms with E-state index >= 15 is 0 Å². The number of aromatic amines is 1. The maximum absolute atomic E-state index is 12.4. The number of carbonyl (C=O) groups is 1. The summed E-state index contributed by atoms with van der Waals surface area (Å²) in [6.07, 6.45) is 5.99. The predicted molar refractivity (Wildman–Crippen MR) is 77.0 cm³/mol. The van der Waals surface area contributed by atoms with Crippen LogP contribution in [-0.4, -0.2) is 28.4 Å². The van der Waals surface area contributed by atoms with Gasteiger partial charge in [0.15, 0.2) is 0 Å². The van der Waals surface area contributed by atoms with Crippen molar-refractivity contribution < 1.29 is 4.79 Å². The van der Waals surface area contributed by atoms with Crippen molar-refractivity contribution in [2.45, 2.75) is 38.6 Å². The van der Waals surface area contributed by atoms with Crippen LogP contribution in [0, 0.1) is 0 Å². The SMILES string of the molecule is CC1CCCCN1C(=O)Cc1ccc2[nH]ccc2c1. The number of nitrogens with one attached hydrogen (secondary N) is 1. The Kier molecular flexibility index (Phi) is 3.28. The predicted octanol–water partition coefficient (Wildman–Crippen LogP) is 3.11. The third-order valence-corrected chi connectivity index (χ3v) is 4.10. The summed E-state index contributed by atoms with van der Waals surface area (Å²) in [6, 6.07) is 8.66. The number of benzene rings is 1. The fraction of sp³-hybridized carbons (Fsp3) is 0.438. The molecule has 2 heterocycles. The second kappa shape index (κ2) is 5.08. The number of amides is 1. The van der Waals surface area contributed by atoms with Crippen LogP contribution >= 0.6 is 0 Å². The molecule has 1 amide bonds. The number of hydrogen-bond acceptors (Lipinski definition) is 1. The van der Waals surface area contributed by atoms with Gasteiger partial charge < -0.3 is 9.88 Å². The van der Waals surface area contributed by atoms with Crippen LogP contribution in [0.3, 0.4) is 0 Å². The summed E-state index contributed by atoms with van der Waals surface area (Å²) >= 11 is 0. The second-order valence-corrected chi connectivity index (χ2v) is 5.51. The molecule has 1 N–H and O–H groups in total. The number of rotatable bonds is 2. The summed E-state index contributed by atoms with van der Waals surface area (Å²) in [4.78, 5) is 17.6. The Balaban J connectivity index is 1.74. The zero-order valence-electron chi connectivity index (χ0n) is 11.4. The Bertz CT molecular complexity index is 587. The van der Waals surface area contributed by atoms with Gasteiger partial charge in [0, 0.05) is 24.3 Å². The number of hydrogen-bond donors (Lipinski definition) is 1. The summed E-state index contributed by atoms with van der Waals surface area (Å²) in [5.41, 5.74) is 2.23. The molecule has 1 aliphatic heterocycles. The van der Waals surface area contributed by atoms with Crippen LogP contribution in [0.4, 0.5) is 0 Å².